The summed E-state index contributed by atoms with van der Waals surface area (Å²) in [5.41, 5.74) is 1.73. The summed E-state index contributed by atoms with van der Waals surface area (Å²) in [4.78, 5) is 4.59. The van der Waals surface area contributed by atoms with Gasteiger partial charge in [-0.1, -0.05) is 19.8 Å². The monoisotopic (exact) mass is 372 g/mol. The Kier molecular flexibility index (Phi) is 4.55. The van der Waals surface area contributed by atoms with Gasteiger partial charge in [0.2, 0.25) is 0 Å². The molecule has 0 radical (unpaired) electrons. The van der Waals surface area contributed by atoms with Gasteiger partial charge in [-0.15, -0.1) is 11.6 Å². The Hall–Kier alpha value is -0.610. The van der Waals surface area contributed by atoms with Gasteiger partial charge in [0.15, 0.2) is 0 Å². The summed E-state index contributed by atoms with van der Waals surface area (Å²) < 4.78 is 16.5. The molecular formula is C16H19BrClFN2. The van der Waals surface area contributed by atoms with Crippen LogP contribution in [0.3, 0.4) is 0 Å². The molecule has 2 aromatic rings. The Morgan fingerprint density at radius 1 is 1.43 bits per heavy atom. The predicted molar refractivity (Wildman–Crippen MR) is 88.3 cm³/mol. The number of benzene rings is 1. The molecule has 1 saturated carbocycles. The molecule has 1 fully saturated rings. The van der Waals surface area contributed by atoms with Gasteiger partial charge in [0.25, 0.3) is 0 Å². The van der Waals surface area contributed by atoms with Crippen LogP contribution in [0, 0.1) is 17.7 Å². The SMILES string of the molecule is CC1CCCC1Cn1c(CCCl)nc2cc(F)c(Br)cc21. The summed E-state index contributed by atoms with van der Waals surface area (Å²) in [6.45, 7) is 3.29. The van der Waals surface area contributed by atoms with Gasteiger partial charge in [-0.05, 0) is 40.3 Å². The van der Waals surface area contributed by atoms with Crippen LogP contribution in [0.5, 0.6) is 0 Å². The highest BCUT2D eigenvalue weighted by molar-refractivity contribution is 9.10. The number of aromatic nitrogens is 2. The van der Waals surface area contributed by atoms with Crippen LogP contribution in [0.1, 0.15) is 32.0 Å². The molecule has 1 aliphatic carbocycles. The summed E-state index contributed by atoms with van der Waals surface area (Å²) in [6, 6.07) is 3.35. The number of imidazole rings is 1. The van der Waals surface area contributed by atoms with E-state index in [4.69, 9.17) is 11.6 Å². The molecule has 1 aliphatic rings. The highest BCUT2D eigenvalue weighted by Crippen LogP contribution is 2.34. The maximum atomic E-state index is 13.7. The highest BCUT2D eigenvalue weighted by atomic mass is 79.9. The summed E-state index contributed by atoms with van der Waals surface area (Å²) in [6.07, 6.45) is 4.60. The maximum absolute atomic E-state index is 13.7. The molecule has 0 spiro atoms. The fraction of sp³-hybridized carbons (Fsp3) is 0.562. The van der Waals surface area contributed by atoms with Gasteiger partial charge in [0, 0.05) is 24.9 Å². The molecule has 0 saturated heterocycles. The molecule has 0 aliphatic heterocycles. The lowest BCUT2D eigenvalue weighted by molar-refractivity contribution is 0.363. The van der Waals surface area contributed by atoms with Crippen molar-refractivity contribution in [2.24, 2.45) is 11.8 Å². The average molecular weight is 374 g/mol. The molecule has 3 rings (SSSR count). The minimum atomic E-state index is -0.265. The molecule has 0 amide bonds. The van der Waals surface area contributed by atoms with Gasteiger partial charge in [-0.25, -0.2) is 9.37 Å². The number of alkyl halides is 1. The molecule has 2 unspecified atom stereocenters. The molecule has 21 heavy (non-hydrogen) atoms. The number of fused-ring (bicyclic) bond motifs is 1. The minimum absolute atomic E-state index is 0.265. The molecule has 1 heterocycles. The molecule has 0 bridgehead atoms. The van der Waals surface area contributed by atoms with E-state index in [1.165, 1.54) is 25.3 Å². The van der Waals surface area contributed by atoms with Gasteiger partial charge >= 0.3 is 0 Å². The summed E-state index contributed by atoms with van der Waals surface area (Å²) >= 11 is 9.19. The Balaban J connectivity index is 2.04. The quantitative estimate of drug-likeness (QED) is 0.677. The number of nitrogens with zero attached hydrogens (tertiary/aromatic N) is 2. The van der Waals surface area contributed by atoms with E-state index in [0.29, 0.717) is 16.3 Å². The number of aryl methyl sites for hydroxylation is 1. The van der Waals surface area contributed by atoms with Crippen molar-refractivity contribution >= 4 is 38.6 Å². The van der Waals surface area contributed by atoms with Crippen LogP contribution in [0.25, 0.3) is 11.0 Å². The highest BCUT2D eigenvalue weighted by Gasteiger charge is 2.25. The number of hydrogen-bond donors (Lipinski definition) is 0. The summed E-state index contributed by atoms with van der Waals surface area (Å²) in [5, 5.41) is 0. The Morgan fingerprint density at radius 2 is 2.24 bits per heavy atom. The first kappa shape index (κ1) is 15.3. The predicted octanol–water partition coefficient (Wildman–Crippen LogP) is 5.16. The molecule has 114 valence electrons. The van der Waals surface area contributed by atoms with E-state index >= 15 is 0 Å². The van der Waals surface area contributed by atoms with Gasteiger partial charge in [0.05, 0.1) is 15.5 Å². The van der Waals surface area contributed by atoms with Crippen LogP contribution in [-0.2, 0) is 13.0 Å². The molecule has 1 aromatic heterocycles. The zero-order valence-corrected chi connectivity index (χ0v) is 14.4. The standard InChI is InChI=1S/C16H19BrClFN2/c1-10-3-2-4-11(10)9-21-15-7-12(17)13(19)8-14(15)20-16(21)5-6-18/h7-8,10-11H,2-6,9H2,1H3. The normalized spacial score (nSPS) is 22.3. The van der Waals surface area contributed by atoms with Gasteiger partial charge in [-0.2, -0.15) is 0 Å². The second kappa shape index (κ2) is 6.25. The van der Waals surface area contributed by atoms with E-state index in [0.717, 1.165) is 35.7 Å². The lowest BCUT2D eigenvalue weighted by Crippen LogP contribution is -2.15. The lowest BCUT2D eigenvalue weighted by atomic mass is 9.98. The van der Waals surface area contributed by atoms with E-state index in [1.807, 2.05) is 6.07 Å². The van der Waals surface area contributed by atoms with Crippen molar-refractivity contribution in [3.8, 4) is 0 Å². The van der Waals surface area contributed by atoms with E-state index in [2.05, 4.69) is 32.4 Å². The van der Waals surface area contributed by atoms with Crippen LogP contribution in [0.2, 0.25) is 0 Å². The number of rotatable bonds is 4. The molecule has 2 atom stereocenters. The van der Waals surface area contributed by atoms with Crippen LogP contribution in [0.4, 0.5) is 4.39 Å². The van der Waals surface area contributed by atoms with Gasteiger partial charge in [0.1, 0.15) is 11.6 Å². The third-order valence-corrected chi connectivity index (χ3v) is 5.44. The second-order valence-corrected chi connectivity index (χ2v) is 7.23. The largest absolute Gasteiger partial charge is 0.328 e. The molecule has 0 N–H and O–H groups in total. The molecule has 5 heteroatoms. The minimum Gasteiger partial charge on any atom is -0.328 e. The molecular weight excluding hydrogens is 355 g/mol. The van der Waals surface area contributed by atoms with Crippen molar-refractivity contribution in [3.05, 3.63) is 28.2 Å². The third kappa shape index (κ3) is 2.98. The van der Waals surface area contributed by atoms with Crippen molar-refractivity contribution in [1.82, 2.24) is 9.55 Å². The Morgan fingerprint density at radius 3 is 2.90 bits per heavy atom. The number of halogens is 3. The first-order valence-corrected chi connectivity index (χ1v) is 8.83. The Bertz CT molecular complexity index is 655. The number of hydrogen-bond acceptors (Lipinski definition) is 1. The van der Waals surface area contributed by atoms with Crippen molar-refractivity contribution in [2.45, 2.75) is 39.2 Å². The van der Waals surface area contributed by atoms with E-state index in [1.54, 1.807) is 0 Å². The van der Waals surface area contributed by atoms with Crippen LogP contribution < -0.4 is 0 Å². The fourth-order valence-electron chi connectivity index (χ4n) is 3.38. The van der Waals surface area contributed by atoms with Gasteiger partial charge < -0.3 is 4.57 Å². The van der Waals surface area contributed by atoms with Crippen molar-refractivity contribution in [1.29, 1.82) is 0 Å². The fourth-order valence-corrected chi connectivity index (χ4v) is 3.88. The third-order valence-electron chi connectivity index (χ3n) is 4.64. The lowest BCUT2D eigenvalue weighted by Gasteiger charge is -2.18. The van der Waals surface area contributed by atoms with E-state index in [-0.39, 0.29) is 5.82 Å². The second-order valence-electron chi connectivity index (χ2n) is 6.00. The zero-order chi connectivity index (χ0) is 15.0. The van der Waals surface area contributed by atoms with Crippen LogP contribution in [-0.4, -0.2) is 15.4 Å². The van der Waals surface area contributed by atoms with E-state index < -0.39 is 0 Å². The van der Waals surface area contributed by atoms with Crippen molar-refractivity contribution in [3.63, 3.8) is 0 Å². The summed E-state index contributed by atoms with van der Waals surface area (Å²) in [5.74, 6) is 2.67. The molecule has 2 nitrogen and oxygen atoms in total. The van der Waals surface area contributed by atoms with Gasteiger partial charge in [-0.3, -0.25) is 0 Å². The van der Waals surface area contributed by atoms with Crippen molar-refractivity contribution < 1.29 is 4.39 Å². The molecule has 1 aromatic carbocycles. The summed E-state index contributed by atoms with van der Waals surface area (Å²) in [7, 11) is 0. The maximum Gasteiger partial charge on any atom is 0.139 e. The zero-order valence-electron chi connectivity index (χ0n) is 12.1. The van der Waals surface area contributed by atoms with E-state index in [9.17, 15) is 4.39 Å². The topological polar surface area (TPSA) is 17.8 Å². The van der Waals surface area contributed by atoms with Crippen LogP contribution in [0.15, 0.2) is 16.6 Å². The smallest absolute Gasteiger partial charge is 0.139 e. The first-order valence-electron chi connectivity index (χ1n) is 7.50. The van der Waals surface area contributed by atoms with Crippen LogP contribution >= 0.6 is 27.5 Å². The Labute approximate surface area is 137 Å². The van der Waals surface area contributed by atoms with Crippen molar-refractivity contribution in [2.75, 3.05) is 5.88 Å². The average Bonchev–Trinajstić information content (AvgIpc) is 2.98. The first-order chi connectivity index (χ1) is 10.1.